The number of hydrogen-bond acceptors (Lipinski definition) is 2. The van der Waals surface area contributed by atoms with Crippen molar-refractivity contribution in [1.29, 1.82) is 0 Å². The van der Waals surface area contributed by atoms with E-state index in [1.54, 1.807) is 25.1 Å². The third-order valence-electron chi connectivity index (χ3n) is 3.07. The minimum atomic E-state index is -3.19. The van der Waals surface area contributed by atoms with Gasteiger partial charge in [-0.15, -0.1) is 5.92 Å². The highest BCUT2D eigenvalue weighted by Crippen LogP contribution is 2.19. The summed E-state index contributed by atoms with van der Waals surface area (Å²) < 4.78 is 24.5. The van der Waals surface area contributed by atoms with Gasteiger partial charge in [0.05, 0.1) is 10.6 Å². The fraction of sp³-hybridized carbons (Fsp3) is 0.467. The lowest BCUT2D eigenvalue weighted by Crippen LogP contribution is -2.15. The van der Waals surface area contributed by atoms with Crippen molar-refractivity contribution in [3.63, 3.8) is 0 Å². The summed E-state index contributed by atoms with van der Waals surface area (Å²) in [4.78, 5) is 0.384. The van der Waals surface area contributed by atoms with Gasteiger partial charge in [0.25, 0.3) is 0 Å². The van der Waals surface area contributed by atoms with Gasteiger partial charge in [-0.25, -0.2) is 8.42 Å². The summed E-state index contributed by atoms with van der Waals surface area (Å²) in [6, 6.07) is 6.89. The molecule has 0 saturated carbocycles. The van der Waals surface area contributed by atoms with Gasteiger partial charge in [-0.05, 0) is 31.0 Å². The molecule has 0 aliphatic carbocycles. The first-order chi connectivity index (χ1) is 8.53. The molecule has 0 heterocycles. The molecule has 0 atom stereocenters. The molecule has 0 radical (unpaired) electrons. The smallest absolute Gasteiger partial charge is 0.178 e. The highest BCUT2D eigenvalue weighted by atomic mass is 32.2. The van der Waals surface area contributed by atoms with Crippen LogP contribution in [0.3, 0.4) is 0 Å². The van der Waals surface area contributed by atoms with E-state index < -0.39 is 9.84 Å². The van der Waals surface area contributed by atoms with E-state index in [4.69, 9.17) is 0 Å². The number of hydrogen-bond donors (Lipinski definition) is 0. The van der Waals surface area contributed by atoms with Gasteiger partial charge in [0.15, 0.2) is 9.84 Å². The predicted molar refractivity (Wildman–Crippen MR) is 75.1 cm³/mol. The Morgan fingerprint density at radius 2 is 1.89 bits per heavy atom. The lowest BCUT2D eigenvalue weighted by Gasteiger charge is -2.12. The summed E-state index contributed by atoms with van der Waals surface area (Å²) in [5, 5.41) is 0. The first-order valence-electron chi connectivity index (χ1n) is 6.29. The standard InChI is InChI=1S/C15H20O2S/c1-4-8-14-9-7-10-15(11-14)18(16,17)12-13(5-2)6-3/h7,9-11,13H,5-6,12H2,1-3H3. The molecular formula is C15H20O2S. The number of rotatable bonds is 5. The molecule has 98 valence electrons. The summed E-state index contributed by atoms with van der Waals surface area (Å²) in [7, 11) is -3.19. The maximum absolute atomic E-state index is 12.3. The van der Waals surface area contributed by atoms with E-state index in [9.17, 15) is 8.42 Å². The Hall–Kier alpha value is -1.27. The lowest BCUT2D eigenvalue weighted by molar-refractivity contribution is 0.523. The molecule has 1 rings (SSSR count). The second-order valence-corrected chi connectivity index (χ2v) is 6.40. The van der Waals surface area contributed by atoms with Gasteiger partial charge < -0.3 is 0 Å². The van der Waals surface area contributed by atoms with Crippen LogP contribution >= 0.6 is 0 Å². The van der Waals surface area contributed by atoms with E-state index in [-0.39, 0.29) is 11.7 Å². The third-order valence-corrected chi connectivity index (χ3v) is 4.95. The van der Waals surface area contributed by atoms with E-state index in [2.05, 4.69) is 11.8 Å². The van der Waals surface area contributed by atoms with Gasteiger partial charge in [0, 0.05) is 5.56 Å². The van der Waals surface area contributed by atoms with Crippen molar-refractivity contribution in [3.8, 4) is 11.8 Å². The zero-order valence-corrected chi connectivity index (χ0v) is 12.0. The maximum atomic E-state index is 12.3. The molecule has 3 heteroatoms. The Kier molecular flexibility index (Phi) is 5.43. The zero-order valence-electron chi connectivity index (χ0n) is 11.2. The average molecular weight is 264 g/mol. The van der Waals surface area contributed by atoms with Crippen LogP contribution < -0.4 is 0 Å². The van der Waals surface area contributed by atoms with Crippen LogP contribution in [0.2, 0.25) is 0 Å². The largest absolute Gasteiger partial charge is 0.224 e. The second-order valence-electron chi connectivity index (χ2n) is 4.37. The van der Waals surface area contributed by atoms with E-state index in [0.29, 0.717) is 4.90 Å². The monoisotopic (exact) mass is 264 g/mol. The number of benzene rings is 1. The molecule has 0 aromatic heterocycles. The molecule has 1 aromatic rings. The fourth-order valence-electron chi connectivity index (χ4n) is 1.84. The van der Waals surface area contributed by atoms with Gasteiger partial charge >= 0.3 is 0 Å². The predicted octanol–water partition coefficient (Wildman–Crippen LogP) is 3.27. The molecule has 0 bridgehead atoms. The maximum Gasteiger partial charge on any atom is 0.178 e. The van der Waals surface area contributed by atoms with E-state index >= 15 is 0 Å². The van der Waals surface area contributed by atoms with Gasteiger partial charge in [-0.2, -0.15) is 0 Å². The highest BCUT2D eigenvalue weighted by Gasteiger charge is 2.19. The normalized spacial score (nSPS) is 11.1. The van der Waals surface area contributed by atoms with Crippen molar-refractivity contribution in [2.24, 2.45) is 5.92 Å². The van der Waals surface area contributed by atoms with Crippen LogP contribution in [0.1, 0.15) is 39.2 Å². The zero-order chi connectivity index (χ0) is 13.6. The topological polar surface area (TPSA) is 34.1 Å². The molecule has 0 aliphatic rings. The minimum absolute atomic E-state index is 0.225. The van der Waals surface area contributed by atoms with Gasteiger partial charge in [0.2, 0.25) is 0 Å². The van der Waals surface area contributed by atoms with Crippen LogP contribution in [-0.2, 0) is 9.84 Å². The van der Waals surface area contributed by atoms with Crippen LogP contribution in [0.15, 0.2) is 29.2 Å². The Bertz CT molecular complexity index is 543. The molecule has 0 saturated heterocycles. The van der Waals surface area contributed by atoms with Crippen LogP contribution in [0.5, 0.6) is 0 Å². The molecule has 0 fully saturated rings. The molecule has 0 amide bonds. The molecule has 0 N–H and O–H groups in total. The van der Waals surface area contributed by atoms with E-state index in [1.165, 1.54) is 0 Å². The Balaban J connectivity index is 3.03. The summed E-state index contributed by atoms with van der Waals surface area (Å²) >= 11 is 0. The summed E-state index contributed by atoms with van der Waals surface area (Å²) in [6.07, 6.45) is 1.79. The highest BCUT2D eigenvalue weighted by molar-refractivity contribution is 7.91. The molecule has 0 spiro atoms. The van der Waals surface area contributed by atoms with Crippen molar-refractivity contribution in [2.45, 2.75) is 38.5 Å². The molecule has 18 heavy (non-hydrogen) atoms. The first-order valence-corrected chi connectivity index (χ1v) is 7.94. The van der Waals surface area contributed by atoms with Crippen molar-refractivity contribution in [3.05, 3.63) is 29.8 Å². The lowest BCUT2D eigenvalue weighted by atomic mass is 10.1. The third kappa shape index (κ3) is 3.89. The summed E-state index contributed by atoms with van der Waals surface area (Å²) in [5.41, 5.74) is 0.753. The SMILES string of the molecule is CC#Cc1cccc(S(=O)(=O)CC(CC)CC)c1. The summed E-state index contributed by atoms with van der Waals surface area (Å²) in [6.45, 7) is 5.80. The minimum Gasteiger partial charge on any atom is -0.224 e. The second kappa shape index (κ2) is 6.61. The van der Waals surface area contributed by atoms with Gasteiger partial charge in [-0.3, -0.25) is 0 Å². The van der Waals surface area contributed by atoms with Crippen LogP contribution in [-0.4, -0.2) is 14.2 Å². The Morgan fingerprint density at radius 1 is 1.22 bits per heavy atom. The van der Waals surface area contributed by atoms with Gasteiger partial charge in [-0.1, -0.05) is 38.7 Å². The average Bonchev–Trinajstić information content (AvgIpc) is 2.37. The molecule has 0 unspecified atom stereocenters. The molecule has 1 aromatic carbocycles. The van der Waals surface area contributed by atoms with E-state index in [0.717, 1.165) is 18.4 Å². The van der Waals surface area contributed by atoms with Crippen LogP contribution in [0, 0.1) is 17.8 Å². The van der Waals surface area contributed by atoms with Crippen molar-refractivity contribution < 1.29 is 8.42 Å². The quantitative estimate of drug-likeness (QED) is 0.765. The van der Waals surface area contributed by atoms with Crippen LogP contribution in [0.25, 0.3) is 0 Å². The molecule has 2 nitrogen and oxygen atoms in total. The first kappa shape index (κ1) is 14.8. The number of sulfone groups is 1. The van der Waals surface area contributed by atoms with E-state index in [1.807, 2.05) is 19.9 Å². The fourth-order valence-corrected chi connectivity index (χ4v) is 3.72. The summed E-state index contributed by atoms with van der Waals surface area (Å²) in [5.74, 6) is 6.13. The van der Waals surface area contributed by atoms with Gasteiger partial charge in [0.1, 0.15) is 0 Å². The Morgan fingerprint density at radius 3 is 2.44 bits per heavy atom. The van der Waals surface area contributed by atoms with Crippen molar-refractivity contribution >= 4 is 9.84 Å². The Labute approximate surface area is 110 Å². The van der Waals surface area contributed by atoms with Crippen LogP contribution in [0.4, 0.5) is 0 Å². The van der Waals surface area contributed by atoms with Crippen molar-refractivity contribution in [1.82, 2.24) is 0 Å². The molecular weight excluding hydrogens is 244 g/mol. The molecule has 0 aliphatic heterocycles. The van der Waals surface area contributed by atoms with Crippen molar-refractivity contribution in [2.75, 3.05) is 5.75 Å².